The van der Waals surface area contributed by atoms with Gasteiger partial charge in [0.2, 0.25) is 10.5 Å². The van der Waals surface area contributed by atoms with Gasteiger partial charge in [-0.15, -0.1) is 0 Å². The smallest absolute Gasteiger partial charge is 0.416 e. The molecule has 2 N–H and O–H groups in total. The third-order valence-corrected chi connectivity index (χ3v) is 15.6. The van der Waals surface area contributed by atoms with Crippen molar-refractivity contribution in [2.75, 3.05) is 0 Å². The van der Waals surface area contributed by atoms with E-state index in [1.807, 2.05) is 0 Å². The summed E-state index contributed by atoms with van der Waals surface area (Å²) < 4.78 is 105. The van der Waals surface area contributed by atoms with Crippen molar-refractivity contribution < 1.29 is 103 Å². The van der Waals surface area contributed by atoms with Crippen molar-refractivity contribution in [1.82, 2.24) is 0 Å². The van der Waals surface area contributed by atoms with Crippen LogP contribution in [0, 0.1) is 71.0 Å². The molecule has 6 saturated carbocycles. The Morgan fingerprint density at radius 2 is 0.805 bits per heavy atom. The summed E-state index contributed by atoms with van der Waals surface area (Å²) in [4.78, 5) is 107. The molecule has 0 heterocycles. The lowest BCUT2D eigenvalue weighted by Crippen LogP contribution is -2.44. The Hall–Kier alpha value is -6.55. The number of esters is 5. The first-order valence-corrected chi connectivity index (χ1v) is 24.8. The van der Waals surface area contributed by atoms with Crippen LogP contribution in [0.1, 0.15) is 70.4 Å². The minimum absolute atomic E-state index is 0.0365. The van der Waals surface area contributed by atoms with Gasteiger partial charge in [0, 0.05) is 40.4 Å². The van der Waals surface area contributed by atoms with Crippen molar-refractivity contribution in [1.29, 1.82) is 0 Å². The molecule has 8 rings (SSSR count). The van der Waals surface area contributed by atoms with E-state index in [-0.39, 0.29) is 47.8 Å². The second-order valence-electron chi connectivity index (χ2n) is 20.2. The lowest BCUT2D eigenvalue weighted by Gasteiger charge is -2.32. The number of rotatable bonds is 14. The molecule has 15 atom stereocenters. The fourth-order valence-corrected chi connectivity index (χ4v) is 12.5. The minimum atomic E-state index is -4.70. The molecular formula is C53H52Cl2F6O16. The fourth-order valence-electron chi connectivity index (χ4n) is 11.9. The number of ether oxygens (including phenoxy) is 5. The first kappa shape index (κ1) is 59.7. The number of hydrogen-bond donors (Lipinski definition) is 2. The van der Waals surface area contributed by atoms with Gasteiger partial charge in [-0.2, -0.15) is 26.3 Å². The van der Waals surface area contributed by atoms with Gasteiger partial charge in [-0.1, -0.05) is 31.9 Å². The highest BCUT2D eigenvalue weighted by Gasteiger charge is 2.62. The highest BCUT2D eigenvalue weighted by molar-refractivity contribution is 6.66. The van der Waals surface area contributed by atoms with Crippen molar-refractivity contribution in [2.24, 2.45) is 71.0 Å². The van der Waals surface area contributed by atoms with E-state index in [0.717, 1.165) is 36.4 Å². The van der Waals surface area contributed by atoms with Gasteiger partial charge in [0.05, 0.1) is 40.7 Å². The molecule has 2 aromatic carbocycles. The lowest BCUT2D eigenvalue weighted by molar-refractivity contribution is -0.163. The number of carbonyl (C=O) groups excluding carboxylic acids is 7. The number of fused-ring (bicyclic) bond motifs is 6. The zero-order chi connectivity index (χ0) is 57.3. The maximum Gasteiger partial charge on any atom is 0.416 e. The Bertz CT molecular complexity index is 2670. The Morgan fingerprint density at radius 1 is 0.481 bits per heavy atom. The van der Waals surface area contributed by atoms with Crippen molar-refractivity contribution in [3.05, 3.63) is 96.1 Å². The molecule has 6 bridgehead atoms. The van der Waals surface area contributed by atoms with E-state index in [4.69, 9.17) is 52.0 Å². The summed E-state index contributed by atoms with van der Waals surface area (Å²) in [6.07, 6.45) is -8.60. The highest BCUT2D eigenvalue weighted by atomic mass is 35.5. The van der Waals surface area contributed by atoms with Crippen LogP contribution in [0.5, 0.6) is 11.5 Å². The quantitative estimate of drug-likeness (QED) is 0.0447. The first-order chi connectivity index (χ1) is 35.8. The van der Waals surface area contributed by atoms with Gasteiger partial charge < -0.3 is 33.9 Å². The van der Waals surface area contributed by atoms with Gasteiger partial charge in [0.25, 0.3) is 0 Å². The molecule has 0 aliphatic heterocycles. The average Bonchev–Trinajstić information content (AvgIpc) is 4.26. The molecule has 2 aromatic rings. The molecule has 0 radical (unpaired) electrons. The number of hydrogen-bond acceptors (Lipinski definition) is 14. The second kappa shape index (κ2) is 23.6. The van der Waals surface area contributed by atoms with Crippen LogP contribution in [0.25, 0.3) is 0 Å². The largest absolute Gasteiger partial charge is 0.481 e. The number of carboxylic acids is 2. The van der Waals surface area contributed by atoms with Crippen molar-refractivity contribution in [3.63, 3.8) is 0 Å². The van der Waals surface area contributed by atoms with Gasteiger partial charge in [0.15, 0.2) is 0 Å². The molecule has 0 amide bonds. The Morgan fingerprint density at radius 3 is 1.14 bits per heavy atom. The Labute approximate surface area is 446 Å². The number of aliphatic carboxylic acids is 2. The van der Waals surface area contributed by atoms with E-state index in [0.29, 0.717) is 43.4 Å². The van der Waals surface area contributed by atoms with Crippen LogP contribution in [0.2, 0.25) is 0 Å². The molecule has 16 nitrogen and oxygen atoms in total. The summed E-state index contributed by atoms with van der Waals surface area (Å²) >= 11 is 11.1. The van der Waals surface area contributed by atoms with E-state index < -0.39 is 153 Å². The summed E-state index contributed by atoms with van der Waals surface area (Å²) in [5.74, 6) is -14.5. The standard InChI is InChI=1S/C27H22F6O6.C13H14Cl2O4.C13H16O6/c1-13(2)23(34)39-20-10-14-9-19(20)22(25(36)38-18-8-4-6-16(12-18)27(31,32)33)21(14)24(35)37-17-7-3-5-15(11-17)26(28,29)30;1-5(2)13(18)19-8-4-6-3-7(8)10(12(15)17)9(6)11(14)16;1-5(2)13(18)19-8-4-6-3-7(8)10(12(16)17)9(6)11(14)15/h3-8,11-12,14,19-22H,1,9-10H2,2H3;6-10H,1,3-4H2,2H3;6-10H,1,3-4H2,2H3,(H,14,15)(H,16,17). The molecule has 416 valence electrons. The predicted molar refractivity (Wildman–Crippen MR) is 255 cm³/mol. The van der Waals surface area contributed by atoms with E-state index in [1.165, 1.54) is 13.8 Å². The number of carboxylic acid groups (broad SMARTS) is 2. The number of halogens is 8. The van der Waals surface area contributed by atoms with Crippen LogP contribution in [0.3, 0.4) is 0 Å². The SMILES string of the molecule is C=C(C)C(=O)OC1CC2CC1C(C(=O)Cl)C2C(=O)Cl.C=C(C)C(=O)OC1CC2CC1C(C(=O)O)C2C(=O)O.C=C(C)C(=O)OC1CC2CC1C(C(=O)Oc1cccc(C(F)(F)F)c1)C2C(=O)Oc1cccc(C(F)(F)F)c1. The van der Waals surface area contributed by atoms with Crippen LogP contribution in [-0.2, 0) is 69.7 Å². The molecule has 0 saturated heterocycles. The second-order valence-corrected chi connectivity index (χ2v) is 20.9. The number of alkyl halides is 6. The van der Waals surface area contributed by atoms with Gasteiger partial charge in [-0.25, -0.2) is 14.4 Å². The van der Waals surface area contributed by atoms with Crippen LogP contribution >= 0.6 is 23.2 Å². The third-order valence-electron chi connectivity index (χ3n) is 15.0. The Kier molecular flexibility index (Phi) is 18.3. The van der Waals surface area contributed by atoms with Gasteiger partial charge >= 0.3 is 54.1 Å². The summed E-state index contributed by atoms with van der Waals surface area (Å²) in [5.41, 5.74) is -1.45. The summed E-state index contributed by atoms with van der Waals surface area (Å²) in [6.45, 7) is 15.0. The third kappa shape index (κ3) is 13.4. The zero-order valence-electron chi connectivity index (χ0n) is 41.3. The van der Waals surface area contributed by atoms with Crippen molar-refractivity contribution in [3.8, 4) is 11.5 Å². The topological polar surface area (TPSA) is 240 Å². The fraction of sp³-hybridized carbons (Fsp3) is 0.491. The van der Waals surface area contributed by atoms with Crippen LogP contribution in [-0.4, -0.2) is 80.8 Å². The van der Waals surface area contributed by atoms with E-state index in [1.54, 1.807) is 6.92 Å². The van der Waals surface area contributed by atoms with Crippen molar-refractivity contribution in [2.45, 2.75) is 90.0 Å². The molecule has 6 aliphatic rings. The molecule has 0 aromatic heterocycles. The number of carbonyl (C=O) groups is 9. The summed E-state index contributed by atoms with van der Waals surface area (Å²) in [6, 6.07) is 7.23. The molecule has 6 aliphatic carbocycles. The molecular weight excluding hydrogens is 1080 g/mol. The molecule has 0 spiro atoms. The summed E-state index contributed by atoms with van der Waals surface area (Å²) in [7, 11) is 0. The van der Waals surface area contributed by atoms with Gasteiger partial charge in [0.1, 0.15) is 29.8 Å². The van der Waals surface area contributed by atoms with E-state index in [2.05, 4.69) is 19.7 Å². The maximum absolute atomic E-state index is 13.3. The van der Waals surface area contributed by atoms with E-state index in [9.17, 15) is 74.6 Å². The Balaban J connectivity index is 0.000000210. The van der Waals surface area contributed by atoms with Crippen molar-refractivity contribution >= 4 is 75.5 Å². The summed E-state index contributed by atoms with van der Waals surface area (Å²) in [5, 5.41) is 17.2. The minimum Gasteiger partial charge on any atom is -0.481 e. The van der Waals surface area contributed by atoms with Crippen LogP contribution in [0.4, 0.5) is 26.3 Å². The molecule has 24 heteroatoms. The van der Waals surface area contributed by atoms with Gasteiger partial charge in [-0.05, 0) is 137 Å². The number of benzene rings is 2. The molecule has 77 heavy (non-hydrogen) atoms. The van der Waals surface area contributed by atoms with Crippen LogP contribution in [0.15, 0.2) is 85.0 Å². The monoisotopic (exact) mass is 1130 g/mol. The lowest BCUT2D eigenvalue weighted by atomic mass is 9.77. The zero-order valence-corrected chi connectivity index (χ0v) is 42.8. The molecule has 15 unspecified atom stereocenters. The molecule has 6 fully saturated rings. The predicted octanol–water partition coefficient (Wildman–Crippen LogP) is 9.19. The average molecular weight is 1130 g/mol. The normalized spacial score (nSPS) is 30.0. The first-order valence-electron chi connectivity index (χ1n) is 24.0. The highest BCUT2D eigenvalue weighted by Crippen LogP contribution is 2.57. The van der Waals surface area contributed by atoms with E-state index >= 15 is 0 Å². The van der Waals surface area contributed by atoms with Gasteiger partial charge in [-0.3, -0.25) is 28.8 Å². The van der Waals surface area contributed by atoms with Crippen LogP contribution < -0.4 is 9.47 Å². The maximum atomic E-state index is 13.3.